The molecule has 9 heteroatoms. The van der Waals surface area contributed by atoms with Crippen LogP contribution in [0.5, 0.6) is 0 Å². The summed E-state index contributed by atoms with van der Waals surface area (Å²) < 4.78 is 37.8. The lowest BCUT2D eigenvalue weighted by molar-refractivity contribution is -0.138. The van der Waals surface area contributed by atoms with Crippen molar-refractivity contribution in [1.82, 2.24) is 14.7 Å². The van der Waals surface area contributed by atoms with Gasteiger partial charge in [0.05, 0.1) is 18.2 Å². The number of nitrogens with zero attached hydrogens (tertiary/aromatic N) is 3. The van der Waals surface area contributed by atoms with Gasteiger partial charge < -0.3 is 10.0 Å². The van der Waals surface area contributed by atoms with Gasteiger partial charge >= 0.3 is 12.1 Å². The zero-order valence-electron chi connectivity index (χ0n) is 13.1. The van der Waals surface area contributed by atoms with Crippen molar-refractivity contribution in [1.29, 1.82) is 0 Å². The molecule has 1 amide bonds. The number of carboxylic acid groups (broad SMARTS) is 1. The summed E-state index contributed by atoms with van der Waals surface area (Å²) in [4.78, 5) is 24.7. The van der Waals surface area contributed by atoms with Crippen molar-refractivity contribution in [3.63, 3.8) is 0 Å². The Hall–Kier alpha value is -2.06. The standard InChI is InChI=1S/C15H20F3N3O3/c16-15(17,18)5-7-21-10-12(8-19-21)14(24)20-6-1-2-11(9-20)3-4-13(22)23/h8,10-11H,1-7,9H2,(H,22,23). The summed E-state index contributed by atoms with van der Waals surface area (Å²) in [6.07, 6.45) is -0.398. The van der Waals surface area contributed by atoms with Crippen LogP contribution in [0, 0.1) is 5.92 Å². The Bertz CT molecular complexity index is 586. The Labute approximate surface area is 137 Å². The first kappa shape index (κ1) is 18.3. The molecule has 24 heavy (non-hydrogen) atoms. The topological polar surface area (TPSA) is 75.4 Å². The van der Waals surface area contributed by atoms with Crippen LogP contribution in [0.3, 0.4) is 0 Å². The lowest BCUT2D eigenvalue weighted by atomic mass is 9.93. The fraction of sp³-hybridized carbons (Fsp3) is 0.667. The maximum absolute atomic E-state index is 12.4. The van der Waals surface area contributed by atoms with Crippen LogP contribution in [0.2, 0.25) is 0 Å². The van der Waals surface area contributed by atoms with Crippen molar-refractivity contribution in [2.45, 2.75) is 44.8 Å². The highest BCUT2D eigenvalue weighted by Gasteiger charge is 2.28. The van der Waals surface area contributed by atoms with Gasteiger partial charge in [0.25, 0.3) is 5.91 Å². The number of amides is 1. The number of hydrogen-bond acceptors (Lipinski definition) is 3. The van der Waals surface area contributed by atoms with Crippen LogP contribution in [0.4, 0.5) is 13.2 Å². The highest BCUT2D eigenvalue weighted by molar-refractivity contribution is 5.93. The molecule has 1 aliphatic rings. The maximum Gasteiger partial charge on any atom is 0.390 e. The molecule has 0 aromatic carbocycles. The van der Waals surface area contributed by atoms with Gasteiger partial charge in [-0.15, -0.1) is 0 Å². The zero-order chi connectivity index (χ0) is 17.7. The molecule has 0 spiro atoms. The molecule has 0 saturated carbocycles. The number of hydrogen-bond donors (Lipinski definition) is 1. The van der Waals surface area contributed by atoms with E-state index >= 15 is 0 Å². The summed E-state index contributed by atoms with van der Waals surface area (Å²) in [6, 6.07) is 0. The summed E-state index contributed by atoms with van der Waals surface area (Å²) in [5.41, 5.74) is 0.260. The van der Waals surface area contributed by atoms with E-state index in [1.165, 1.54) is 12.4 Å². The third-order valence-electron chi connectivity index (χ3n) is 4.08. The fourth-order valence-electron chi connectivity index (χ4n) is 2.83. The molecule has 0 radical (unpaired) electrons. The molecule has 1 aliphatic heterocycles. The molecule has 6 nitrogen and oxygen atoms in total. The summed E-state index contributed by atoms with van der Waals surface area (Å²) in [6.45, 7) is 0.716. The molecular formula is C15H20F3N3O3. The van der Waals surface area contributed by atoms with E-state index in [2.05, 4.69) is 5.10 Å². The van der Waals surface area contributed by atoms with Crippen LogP contribution in [-0.4, -0.2) is 50.9 Å². The molecule has 1 N–H and O–H groups in total. The Kier molecular flexibility index (Phi) is 5.84. The number of likely N-dealkylation sites (tertiary alicyclic amines) is 1. The minimum atomic E-state index is -4.26. The molecule has 1 aromatic rings. The number of rotatable bonds is 6. The van der Waals surface area contributed by atoms with Gasteiger partial charge in [0.15, 0.2) is 0 Å². The van der Waals surface area contributed by atoms with E-state index in [0.717, 1.165) is 17.5 Å². The van der Waals surface area contributed by atoms with Gasteiger partial charge in [-0.25, -0.2) is 0 Å². The first-order chi connectivity index (χ1) is 11.2. The number of aryl methyl sites for hydroxylation is 1. The van der Waals surface area contributed by atoms with Crippen molar-refractivity contribution in [2.24, 2.45) is 5.92 Å². The smallest absolute Gasteiger partial charge is 0.390 e. The molecule has 2 rings (SSSR count). The quantitative estimate of drug-likeness (QED) is 0.858. The maximum atomic E-state index is 12.4. The second-order valence-corrected chi connectivity index (χ2v) is 6.05. The van der Waals surface area contributed by atoms with Crippen molar-refractivity contribution < 1.29 is 27.9 Å². The van der Waals surface area contributed by atoms with Gasteiger partial charge in [-0.05, 0) is 25.2 Å². The van der Waals surface area contributed by atoms with Crippen molar-refractivity contribution in [3.05, 3.63) is 18.0 Å². The van der Waals surface area contributed by atoms with Crippen LogP contribution in [0.15, 0.2) is 12.4 Å². The Balaban J connectivity index is 1.91. The predicted molar refractivity (Wildman–Crippen MR) is 78.4 cm³/mol. The second-order valence-electron chi connectivity index (χ2n) is 6.05. The van der Waals surface area contributed by atoms with Gasteiger partial charge in [-0.1, -0.05) is 0 Å². The number of piperidine rings is 1. The van der Waals surface area contributed by atoms with Crippen molar-refractivity contribution >= 4 is 11.9 Å². The van der Waals surface area contributed by atoms with E-state index in [1.807, 2.05) is 0 Å². The Morgan fingerprint density at radius 2 is 2.12 bits per heavy atom. The van der Waals surface area contributed by atoms with Crippen LogP contribution < -0.4 is 0 Å². The van der Waals surface area contributed by atoms with E-state index in [0.29, 0.717) is 19.5 Å². The number of halogens is 3. The summed E-state index contributed by atoms with van der Waals surface area (Å²) >= 11 is 0. The van der Waals surface area contributed by atoms with Crippen molar-refractivity contribution in [2.75, 3.05) is 13.1 Å². The van der Waals surface area contributed by atoms with E-state index in [-0.39, 0.29) is 30.4 Å². The van der Waals surface area contributed by atoms with Gasteiger partial charge in [0.1, 0.15) is 0 Å². The van der Waals surface area contributed by atoms with Crippen LogP contribution >= 0.6 is 0 Å². The second kappa shape index (κ2) is 7.67. The molecule has 0 aliphatic carbocycles. The molecule has 2 heterocycles. The first-order valence-corrected chi connectivity index (χ1v) is 7.85. The average molecular weight is 347 g/mol. The first-order valence-electron chi connectivity index (χ1n) is 7.85. The van der Waals surface area contributed by atoms with Gasteiger partial charge in [0.2, 0.25) is 0 Å². The molecular weight excluding hydrogens is 327 g/mol. The molecule has 1 atom stereocenters. The number of aliphatic carboxylic acids is 1. The van der Waals surface area contributed by atoms with Crippen LogP contribution in [0.1, 0.15) is 42.5 Å². The van der Waals surface area contributed by atoms with Gasteiger partial charge in [0, 0.05) is 32.3 Å². The number of aromatic nitrogens is 2. The van der Waals surface area contributed by atoms with E-state index < -0.39 is 18.6 Å². The molecule has 1 fully saturated rings. The minimum absolute atomic E-state index is 0.0715. The third kappa shape index (κ3) is 5.54. The summed E-state index contributed by atoms with van der Waals surface area (Å²) in [5.74, 6) is -0.989. The minimum Gasteiger partial charge on any atom is -0.481 e. The van der Waals surface area contributed by atoms with E-state index in [4.69, 9.17) is 5.11 Å². The number of carbonyl (C=O) groups is 2. The highest BCUT2D eigenvalue weighted by atomic mass is 19.4. The van der Waals surface area contributed by atoms with Crippen LogP contribution in [-0.2, 0) is 11.3 Å². The van der Waals surface area contributed by atoms with Crippen molar-refractivity contribution in [3.8, 4) is 0 Å². The lowest BCUT2D eigenvalue weighted by Gasteiger charge is -2.32. The largest absolute Gasteiger partial charge is 0.481 e. The zero-order valence-corrected chi connectivity index (χ0v) is 13.1. The predicted octanol–water partition coefficient (Wildman–Crippen LogP) is 2.55. The van der Waals surface area contributed by atoms with Gasteiger partial charge in [-0.3, -0.25) is 14.3 Å². The van der Waals surface area contributed by atoms with E-state index in [1.54, 1.807) is 4.90 Å². The number of alkyl halides is 3. The Morgan fingerprint density at radius 3 is 2.79 bits per heavy atom. The average Bonchev–Trinajstić information content (AvgIpc) is 2.99. The highest BCUT2D eigenvalue weighted by Crippen LogP contribution is 2.23. The van der Waals surface area contributed by atoms with E-state index in [9.17, 15) is 22.8 Å². The third-order valence-corrected chi connectivity index (χ3v) is 4.08. The number of carboxylic acids is 1. The summed E-state index contributed by atoms with van der Waals surface area (Å²) in [7, 11) is 0. The molecule has 1 saturated heterocycles. The SMILES string of the molecule is O=C(O)CCC1CCCN(C(=O)c2cnn(CCC(F)(F)F)c2)C1. The normalized spacial score (nSPS) is 18.6. The molecule has 134 valence electrons. The van der Waals surface area contributed by atoms with Crippen LogP contribution in [0.25, 0.3) is 0 Å². The number of carbonyl (C=O) groups excluding carboxylic acids is 1. The summed E-state index contributed by atoms with van der Waals surface area (Å²) in [5, 5.41) is 12.5. The fourth-order valence-corrected chi connectivity index (χ4v) is 2.83. The lowest BCUT2D eigenvalue weighted by Crippen LogP contribution is -2.40. The molecule has 0 bridgehead atoms. The molecule has 1 unspecified atom stereocenters. The van der Waals surface area contributed by atoms with Gasteiger partial charge in [-0.2, -0.15) is 18.3 Å². The molecule has 1 aromatic heterocycles. The Morgan fingerprint density at radius 1 is 1.38 bits per heavy atom. The monoisotopic (exact) mass is 347 g/mol.